The number of carbonyl (C=O) groups is 3. The molecule has 2 aromatic rings. The zero-order valence-corrected chi connectivity index (χ0v) is 20.4. The van der Waals surface area contributed by atoms with Crippen LogP contribution in [0.1, 0.15) is 51.7 Å². The van der Waals surface area contributed by atoms with E-state index in [1.165, 1.54) is 0 Å². The van der Waals surface area contributed by atoms with Gasteiger partial charge in [-0.25, -0.2) is 9.59 Å². The number of carboxylic acids is 1. The van der Waals surface area contributed by atoms with Gasteiger partial charge in [-0.2, -0.15) is 0 Å². The summed E-state index contributed by atoms with van der Waals surface area (Å²) < 4.78 is 5.60. The average molecular weight is 467 g/mol. The quantitative estimate of drug-likeness (QED) is 0.508. The van der Waals surface area contributed by atoms with E-state index in [-0.39, 0.29) is 24.4 Å². The highest BCUT2D eigenvalue weighted by molar-refractivity contribution is 5.86. The Morgan fingerprint density at radius 1 is 0.853 bits per heavy atom. The number of nitrogens with one attached hydrogen (secondary N) is 2. The minimum Gasteiger partial charge on any atom is -0.480 e. The molecule has 34 heavy (non-hydrogen) atoms. The Bertz CT molecular complexity index is 1000. The summed E-state index contributed by atoms with van der Waals surface area (Å²) in [6, 6.07) is 14.7. The number of alkyl carbamates (subject to hydrolysis) is 1. The van der Waals surface area contributed by atoms with Crippen molar-refractivity contribution in [3.63, 3.8) is 0 Å². The Kier molecular flexibility index (Phi) is 7.97. The number of rotatable bonds is 9. The summed E-state index contributed by atoms with van der Waals surface area (Å²) in [6.07, 6.45) is -0.605. The van der Waals surface area contributed by atoms with Gasteiger partial charge in [-0.15, -0.1) is 0 Å². The normalized spacial score (nSPS) is 15.3. The Balaban J connectivity index is 1.65. The van der Waals surface area contributed by atoms with Crippen molar-refractivity contribution in [2.24, 2.45) is 17.8 Å². The monoisotopic (exact) mass is 466 g/mol. The van der Waals surface area contributed by atoms with Crippen molar-refractivity contribution < 1.29 is 24.2 Å². The van der Waals surface area contributed by atoms with E-state index < -0.39 is 36.0 Å². The van der Waals surface area contributed by atoms with E-state index >= 15 is 0 Å². The van der Waals surface area contributed by atoms with Crippen LogP contribution in [-0.4, -0.2) is 41.8 Å². The van der Waals surface area contributed by atoms with Gasteiger partial charge in [0.15, 0.2) is 0 Å². The first kappa shape index (κ1) is 25.3. The molecule has 0 saturated carbocycles. The van der Waals surface area contributed by atoms with Gasteiger partial charge in [0.25, 0.3) is 0 Å². The first-order valence-electron chi connectivity index (χ1n) is 11.8. The number of benzene rings is 2. The molecule has 3 rings (SSSR count). The summed E-state index contributed by atoms with van der Waals surface area (Å²) in [6.45, 7) is 9.12. The number of carboxylic acid groups (broad SMARTS) is 1. The van der Waals surface area contributed by atoms with E-state index in [9.17, 15) is 19.5 Å². The topological polar surface area (TPSA) is 105 Å². The summed E-state index contributed by atoms with van der Waals surface area (Å²) in [5.74, 6) is -2.53. The third kappa shape index (κ3) is 5.41. The van der Waals surface area contributed by atoms with E-state index in [0.717, 1.165) is 22.3 Å². The maximum Gasteiger partial charge on any atom is 0.407 e. The molecule has 7 nitrogen and oxygen atoms in total. The fourth-order valence-corrected chi connectivity index (χ4v) is 4.79. The van der Waals surface area contributed by atoms with Crippen LogP contribution < -0.4 is 10.6 Å². The van der Waals surface area contributed by atoms with Gasteiger partial charge in [0.1, 0.15) is 12.6 Å². The maximum atomic E-state index is 12.9. The van der Waals surface area contributed by atoms with Crippen LogP contribution >= 0.6 is 0 Å². The van der Waals surface area contributed by atoms with Crippen LogP contribution in [0.4, 0.5) is 4.79 Å². The van der Waals surface area contributed by atoms with Crippen molar-refractivity contribution in [3.8, 4) is 11.1 Å². The minimum atomic E-state index is -1.08. The lowest BCUT2D eigenvalue weighted by Crippen LogP contribution is -2.52. The average Bonchev–Trinajstić information content (AvgIpc) is 3.09. The number of carbonyl (C=O) groups excluding carboxylic acids is 2. The molecule has 7 heteroatoms. The zero-order valence-electron chi connectivity index (χ0n) is 20.4. The number of hydrogen-bond acceptors (Lipinski definition) is 4. The van der Waals surface area contributed by atoms with Crippen molar-refractivity contribution in [1.29, 1.82) is 0 Å². The molecule has 0 radical (unpaired) electrons. The Labute approximate surface area is 200 Å². The molecule has 0 spiro atoms. The molecule has 0 aliphatic heterocycles. The molecule has 0 heterocycles. The van der Waals surface area contributed by atoms with Crippen molar-refractivity contribution in [2.75, 3.05) is 6.61 Å². The Morgan fingerprint density at radius 3 is 1.85 bits per heavy atom. The number of ether oxygens (including phenoxy) is 1. The number of aliphatic carboxylic acids is 1. The van der Waals surface area contributed by atoms with E-state index in [1.807, 2.05) is 38.1 Å². The van der Waals surface area contributed by atoms with Gasteiger partial charge >= 0.3 is 12.1 Å². The van der Waals surface area contributed by atoms with Gasteiger partial charge in [-0.1, -0.05) is 76.2 Å². The molecule has 3 N–H and O–H groups in total. The lowest BCUT2D eigenvalue weighted by Gasteiger charge is -2.29. The van der Waals surface area contributed by atoms with Crippen LogP contribution in [0.2, 0.25) is 0 Å². The van der Waals surface area contributed by atoms with Crippen LogP contribution in [-0.2, 0) is 14.3 Å². The molecule has 1 aliphatic carbocycles. The lowest BCUT2D eigenvalue weighted by atomic mass is 9.87. The smallest absolute Gasteiger partial charge is 0.407 e. The van der Waals surface area contributed by atoms with Gasteiger partial charge < -0.3 is 20.5 Å². The second-order valence-electron chi connectivity index (χ2n) is 9.60. The summed E-state index contributed by atoms with van der Waals surface area (Å²) in [5.41, 5.74) is 4.54. The molecule has 1 aliphatic rings. The minimum absolute atomic E-state index is 0.0555. The van der Waals surface area contributed by atoms with E-state index in [4.69, 9.17) is 4.74 Å². The molecule has 2 amide bonds. The summed E-state index contributed by atoms with van der Waals surface area (Å²) in [5, 5.41) is 14.8. The maximum absolute atomic E-state index is 12.9. The van der Waals surface area contributed by atoms with Crippen LogP contribution in [0.5, 0.6) is 0 Å². The van der Waals surface area contributed by atoms with Crippen LogP contribution in [0.25, 0.3) is 11.1 Å². The van der Waals surface area contributed by atoms with E-state index in [0.29, 0.717) is 0 Å². The van der Waals surface area contributed by atoms with Crippen LogP contribution in [0, 0.1) is 17.8 Å². The molecule has 0 fully saturated rings. The predicted octanol–water partition coefficient (Wildman–Crippen LogP) is 4.41. The van der Waals surface area contributed by atoms with E-state index in [1.54, 1.807) is 20.8 Å². The molecule has 0 saturated heterocycles. The van der Waals surface area contributed by atoms with Crippen LogP contribution in [0.3, 0.4) is 0 Å². The fourth-order valence-electron chi connectivity index (χ4n) is 4.79. The van der Waals surface area contributed by atoms with Crippen molar-refractivity contribution in [1.82, 2.24) is 10.6 Å². The predicted molar refractivity (Wildman–Crippen MR) is 130 cm³/mol. The molecular formula is C27H34N2O5. The number of hydrogen-bond donors (Lipinski definition) is 3. The molecular weight excluding hydrogens is 432 g/mol. The third-order valence-corrected chi connectivity index (χ3v) is 6.48. The fraction of sp³-hybridized carbons (Fsp3) is 0.444. The first-order valence-corrected chi connectivity index (χ1v) is 11.8. The van der Waals surface area contributed by atoms with Gasteiger partial charge in [0.05, 0.1) is 5.92 Å². The Morgan fingerprint density at radius 2 is 1.38 bits per heavy atom. The van der Waals surface area contributed by atoms with Crippen molar-refractivity contribution in [3.05, 3.63) is 59.7 Å². The van der Waals surface area contributed by atoms with Gasteiger partial charge in [-0.3, -0.25) is 4.79 Å². The third-order valence-electron chi connectivity index (χ3n) is 6.48. The van der Waals surface area contributed by atoms with Crippen molar-refractivity contribution >= 4 is 18.0 Å². The molecule has 3 atom stereocenters. The number of amides is 2. The van der Waals surface area contributed by atoms with Crippen LogP contribution in [0.15, 0.2) is 48.5 Å². The molecule has 0 bridgehead atoms. The second-order valence-corrected chi connectivity index (χ2v) is 9.60. The highest BCUT2D eigenvalue weighted by atomic mass is 16.5. The van der Waals surface area contributed by atoms with Gasteiger partial charge in [0.2, 0.25) is 5.91 Å². The van der Waals surface area contributed by atoms with Crippen molar-refractivity contribution in [2.45, 2.75) is 52.6 Å². The standard InChI is InChI=1S/C27H34N2O5/c1-15(2)23(25(30)29-24(16(3)4)26(31)32)17(5)28-27(33)34-14-22-20-12-8-6-10-18(20)19-11-7-9-13-21(19)22/h6-13,15-17,22-24H,14H2,1-5H3,(H,28,33)(H,29,30)(H,31,32)/t17?,23?,24-/m1/s1. The molecule has 0 aromatic heterocycles. The molecule has 2 unspecified atom stereocenters. The lowest BCUT2D eigenvalue weighted by molar-refractivity contribution is -0.144. The molecule has 2 aromatic carbocycles. The summed E-state index contributed by atoms with van der Waals surface area (Å²) in [4.78, 5) is 37.1. The number of fused-ring (bicyclic) bond motifs is 3. The highest BCUT2D eigenvalue weighted by Crippen LogP contribution is 2.44. The first-order chi connectivity index (χ1) is 16.1. The summed E-state index contributed by atoms with van der Waals surface area (Å²) >= 11 is 0. The Hall–Kier alpha value is -3.35. The zero-order chi connectivity index (χ0) is 25.0. The van der Waals surface area contributed by atoms with E-state index in [2.05, 4.69) is 34.9 Å². The highest BCUT2D eigenvalue weighted by Gasteiger charge is 2.34. The van der Waals surface area contributed by atoms with Gasteiger partial charge in [-0.05, 0) is 41.0 Å². The largest absolute Gasteiger partial charge is 0.480 e. The summed E-state index contributed by atoms with van der Waals surface area (Å²) in [7, 11) is 0. The van der Waals surface area contributed by atoms with Gasteiger partial charge in [0, 0.05) is 12.0 Å². The molecule has 182 valence electrons. The SMILES string of the molecule is CC(C)C(C(=O)N[C@@H](C(=O)O)C(C)C)C(C)NC(=O)OCC1c2ccccc2-c2ccccc21. The second kappa shape index (κ2) is 10.7.